The summed E-state index contributed by atoms with van der Waals surface area (Å²) in [5.41, 5.74) is 6.20. The minimum atomic E-state index is -1.16. The van der Waals surface area contributed by atoms with Crippen LogP contribution in [0.1, 0.15) is 10.4 Å². The van der Waals surface area contributed by atoms with Crippen LogP contribution in [0.4, 0.5) is 5.69 Å². The van der Waals surface area contributed by atoms with Gasteiger partial charge in [-0.2, -0.15) is 0 Å². The van der Waals surface area contributed by atoms with Crippen LogP contribution in [0.25, 0.3) is 11.5 Å². The van der Waals surface area contributed by atoms with Gasteiger partial charge in [-0.25, -0.2) is 14.7 Å². The Morgan fingerprint density at radius 1 is 1.22 bits per heavy atom. The lowest BCUT2D eigenvalue weighted by molar-refractivity contribution is 0.0694. The fourth-order valence-electron chi connectivity index (χ4n) is 1.58. The number of carbonyl (C=O) groups is 1. The minimum absolute atomic E-state index is 0.140. The van der Waals surface area contributed by atoms with Gasteiger partial charge in [0.25, 0.3) is 0 Å². The zero-order valence-corrected chi connectivity index (χ0v) is 11.6. The van der Waals surface area contributed by atoms with Gasteiger partial charge in [0, 0.05) is 29.7 Å². The van der Waals surface area contributed by atoms with E-state index in [1.807, 2.05) is 0 Å². The van der Waals surface area contributed by atoms with Gasteiger partial charge in [-0.3, -0.25) is 4.98 Å². The summed E-state index contributed by atoms with van der Waals surface area (Å²) in [6.45, 7) is 0. The summed E-state index contributed by atoms with van der Waals surface area (Å²) < 4.78 is 4.72. The number of aromatic nitrogens is 3. The lowest BCUT2D eigenvalue weighted by Gasteiger charge is -1.98. The van der Waals surface area contributed by atoms with Gasteiger partial charge in [0.15, 0.2) is 0 Å². The third-order valence-corrected chi connectivity index (χ3v) is 2.62. The van der Waals surface area contributed by atoms with E-state index >= 15 is 0 Å². The van der Waals surface area contributed by atoms with Gasteiger partial charge in [0.05, 0.1) is 0 Å². The molecule has 0 fully saturated rings. The fraction of sp³-hybridized carbons (Fsp3) is 0. The average Bonchev–Trinajstić information content (AvgIpc) is 2.95. The Bertz CT molecular complexity index is 857. The molecular weight excluding hydrogens is 304 g/mol. The number of pyridine rings is 1. The molecule has 3 rings (SSSR count). The number of carboxylic acid groups (broad SMARTS) is 1. The number of hydrogen-bond acceptors (Lipinski definition) is 7. The van der Waals surface area contributed by atoms with Crippen molar-refractivity contribution in [3.05, 3.63) is 58.8 Å². The van der Waals surface area contributed by atoms with Gasteiger partial charge in [-0.05, 0) is 24.3 Å². The zero-order valence-electron chi connectivity index (χ0n) is 11.6. The lowest BCUT2D eigenvalue weighted by atomic mass is 10.2. The molecule has 2 heterocycles. The second-order valence-corrected chi connectivity index (χ2v) is 4.24. The molecule has 9 nitrogen and oxygen atoms in total. The number of carboxylic acids is 1. The number of hydrogen-bond donors (Lipinski definition) is 4. The highest BCUT2D eigenvalue weighted by molar-refractivity contribution is 5.91. The molecule has 0 amide bonds. The number of benzene rings is 1. The molecule has 0 aliphatic rings. The first-order chi connectivity index (χ1) is 11.0. The maximum Gasteiger partial charge on any atom is 0.434 e. The van der Waals surface area contributed by atoms with E-state index < -0.39 is 11.7 Å². The summed E-state index contributed by atoms with van der Waals surface area (Å²) in [4.78, 5) is 24.7. The summed E-state index contributed by atoms with van der Waals surface area (Å²) in [5.74, 6) is -1.75. The van der Waals surface area contributed by atoms with Gasteiger partial charge in [0.1, 0.15) is 11.3 Å². The van der Waals surface area contributed by atoms with Crippen LogP contribution in [0, 0.1) is 0 Å². The number of aromatic carboxylic acids is 1. The Morgan fingerprint density at radius 2 is 1.91 bits per heavy atom. The highest BCUT2D eigenvalue weighted by Gasteiger charge is 2.07. The lowest BCUT2D eigenvalue weighted by Crippen LogP contribution is -1.97. The molecule has 0 bridgehead atoms. The molecule has 0 atom stereocenters. The van der Waals surface area contributed by atoms with E-state index in [2.05, 4.69) is 15.2 Å². The fourth-order valence-corrected chi connectivity index (χ4v) is 1.58. The normalized spacial score (nSPS) is 9.74. The highest BCUT2D eigenvalue weighted by atomic mass is 16.4. The van der Waals surface area contributed by atoms with Gasteiger partial charge in [-0.1, -0.05) is 0 Å². The molecule has 3 aromatic rings. The van der Waals surface area contributed by atoms with Crippen LogP contribution < -0.4 is 11.5 Å². The minimum Gasteiger partial charge on any atom is -0.507 e. The van der Waals surface area contributed by atoms with Gasteiger partial charge in [-0.15, -0.1) is 5.10 Å². The average molecular weight is 316 g/mol. The molecule has 0 aliphatic carbocycles. The van der Waals surface area contributed by atoms with Gasteiger partial charge >= 0.3 is 11.7 Å². The summed E-state index contributed by atoms with van der Waals surface area (Å²) in [6, 6.07) is 7.29. The molecule has 2 aromatic heterocycles. The Labute approximate surface area is 129 Å². The second kappa shape index (κ2) is 6.89. The van der Waals surface area contributed by atoms with E-state index in [4.69, 9.17) is 20.4 Å². The van der Waals surface area contributed by atoms with Crippen molar-refractivity contribution in [2.45, 2.75) is 0 Å². The largest absolute Gasteiger partial charge is 0.507 e. The van der Waals surface area contributed by atoms with Gasteiger partial charge in [0.2, 0.25) is 5.89 Å². The van der Waals surface area contributed by atoms with Crippen molar-refractivity contribution < 1.29 is 19.4 Å². The number of aromatic amines is 1. The van der Waals surface area contributed by atoms with E-state index in [0.717, 1.165) is 5.56 Å². The van der Waals surface area contributed by atoms with Crippen molar-refractivity contribution in [1.29, 1.82) is 0 Å². The molecule has 0 unspecified atom stereocenters. The van der Waals surface area contributed by atoms with Crippen LogP contribution in [0.3, 0.4) is 0 Å². The van der Waals surface area contributed by atoms with E-state index in [-0.39, 0.29) is 17.2 Å². The molecule has 0 radical (unpaired) electrons. The quantitative estimate of drug-likeness (QED) is 0.512. The number of nitrogen functional groups attached to an aromatic ring is 1. The predicted molar refractivity (Wildman–Crippen MR) is 79.8 cm³/mol. The third-order valence-electron chi connectivity index (χ3n) is 2.62. The number of rotatable bonds is 2. The maximum absolute atomic E-state index is 10.6. The SMILES string of the molecule is Nc1ccc(C(=O)O)c(O)c1.O=c1[nH]nc(-c2ccncc2)o1. The Hall–Kier alpha value is -3.62. The molecule has 9 heteroatoms. The number of aromatic hydroxyl groups is 1. The number of nitrogens with two attached hydrogens (primary N) is 1. The number of nitrogens with one attached hydrogen (secondary N) is 1. The zero-order chi connectivity index (χ0) is 16.8. The molecule has 1 aromatic carbocycles. The number of nitrogens with zero attached hydrogens (tertiary/aromatic N) is 2. The summed E-state index contributed by atoms with van der Waals surface area (Å²) in [7, 11) is 0. The van der Waals surface area contributed by atoms with Crippen LogP contribution in [-0.2, 0) is 0 Å². The van der Waals surface area contributed by atoms with Crippen molar-refractivity contribution in [2.75, 3.05) is 5.73 Å². The first-order valence-corrected chi connectivity index (χ1v) is 6.25. The first kappa shape index (κ1) is 15.8. The smallest absolute Gasteiger partial charge is 0.434 e. The summed E-state index contributed by atoms with van der Waals surface area (Å²) in [5, 5.41) is 23.3. The molecule has 0 spiro atoms. The molecule has 0 saturated carbocycles. The summed E-state index contributed by atoms with van der Waals surface area (Å²) in [6.07, 6.45) is 3.20. The monoisotopic (exact) mass is 316 g/mol. The topological polar surface area (TPSA) is 155 Å². The predicted octanol–water partition coefficient (Wildman–Crippen LogP) is 1.10. The van der Waals surface area contributed by atoms with E-state index in [0.29, 0.717) is 5.69 Å². The molecule has 0 aliphatic heterocycles. The Morgan fingerprint density at radius 3 is 2.43 bits per heavy atom. The van der Waals surface area contributed by atoms with Crippen molar-refractivity contribution in [2.24, 2.45) is 0 Å². The van der Waals surface area contributed by atoms with Crippen molar-refractivity contribution in [1.82, 2.24) is 15.2 Å². The van der Waals surface area contributed by atoms with Crippen molar-refractivity contribution in [3.63, 3.8) is 0 Å². The molecular formula is C14H12N4O5. The van der Waals surface area contributed by atoms with Crippen LogP contribution >= 0.6 is 0 Å². The van der Waals surface area contributed by atoms with Crippen molar-refractivity contribution in [3.8, 4) is 17.2 Å². The maximum atomic E-state index is 10.6. The van der Waals surface area contributed by atoms with Crippen LogP contribution in [0.2, 0.25) is 0 Å². The Kier molecular flexibility index (Phi) is 4.72. The standard InChI is InChI=1S/C7H5N3O2.C7H7NO3/c11-7-10-9-6(12-7)5-1-3-8-4-2-5;8-4-1-2-5(7(10)11)6(9)3-4/h1-4H,(H,10,11);1-3,9H,8H2,(H,10,11). The van der Waals surface area contributed by atoms with Crippen LogP contribution in [0.5, 0.6) is 5.75 Å². The number of anilines is 1. The van der Waals surface area contributed by atoms with Crippen molar-refractivity contribution >= 4 is 11.7 Å². The van der Waals surface area contributed by atoms with E-state index in [1.54, 1.807) is 24.5 Å². The Balaban J connectivity index is 0.000000168. The first-order valence-electron chi connectivity index (χ1n) is 6.25. The van der Waals surface area contributed by atoms with Gasteiger partial charge < -0.3 is 20.4 Å². The molecule has 0 saturated heterocycles. The summed E-state index contributed by atoms with van der Waals surface area (Å²) >= 11 is 0. The molecule has 5 N–H and O–H groups in total. The molecule has 118 valence electrons. The van der Waals surface area contributed by atoms with Crippen LogP contribution in [-0.4, -0.2) is 31.4 Å². The third kappa shape index (κ3) is 4.17. The van der Waals surface area contributed by atoms with Crippen LogP contribution in [0.15, 0.2) is 51.9 Å². The highest BCUT2D eigenvalue weighted by Crippen LogP contribution is 2.19. The van der Waals surface area contributed by atoms with E-state index in [1.165, 1.54) is 18.2 Å². The second-order valence-electron chi connectivity index (χ2n) is 4.24. The van der Waals surface area contributed by atoms with E-state index in [9.17, 15) is 9.59 Å². The number of H-pyrrole nitrogens is 1. The molecule has 23 heavy (non-hydrogen) atoms. The number of phenols is 1.